The van der Waals surface area contributed by atoms with E-state index in [1.165, 1.54) is 6.92 Å². The van der Waals surface area contributed by atoms with Crippen molar-refractivity contribution >= 4 is 17.3 Å². The Morgan fingerprint density at radius 1 is 1.37 bits per heavy atom. The zero-order valence-electron chi connectivity index (χ0n) is 11.9. The molecule has 0 saturated heterocycles. The Kier molecular flexibility index (Phi) is 6.15. The third-order valence-corrected chi connectivity index (χ3v) is 2.61. The fourth-order valence-electron chi connectivity index (χ4n) is 1.75. The number of anilines is 2. The van der Waals surface area contributed by atoms with Crippen LogP contribution in [-0.2, 0) is 9.53 Å². The van der Waals surface area contributed by atoms with Gasteiger partial charge < -0.3 is 20.1 Å². The summed E-state index contributed by atoms with van der Waals surface area (Å²) in [6.45, 7) is 5.05. The van der Waals surface area contributed by atoms with Gasteiger partial charge in [-0.15, -0.1) is 0 Å². The van der Waals surface area contributed by atoms with Gasteiger partial charge in [-0.25, -0.2) is 0 Å². The Labute approximate surface area is 114 Å². The van der Waals surface area contributed by atoms with E-state index in [0.717, 1.165) is 23.7 Å². The van der Waals surface area contributed by atoms with Crippen molar-refractivity contribution in [2.75, 3.05) is 38.0 Å². The number of benzene rings is 1. The molecule has 1 rings (SSSR count). The van der Waals surface area contributed by atoms with Crippen molar-refractivity contribution < 1.29 is 14.3 Å². The molecule has 0 spiro atoms. The van der Waals surface area contributed by atoms with Crippen LogP contribution in [0.4, 0.5) is 11.4 Å². The molecule has 0 radical (unpaired) electrons. The predicted octanol–water partition coefficient (Wildman–Crippen LogP) is 2.35. The lowest BCUT2D eigenvalue weighted by Crippen LogP contribution is -2.16. The molecule has 1 aromatic rings. The van der Waals surface area contributed by atoms with E-state index in [9.17, 15) is 4.79 Å². The highest BCUT2D eigenvalue weighted by Crippen LogP contribution is 2.28. The Bertz CT molecular complexity index is 421. The third-order valence-electron chi connectivity index (χ3n) is 2.61. The van der Waals surface area contributed by atoms with Crippen LogP contribution < -0.4 is 15.4 Å². The summed E-state index contributed by atoms with van der Waals surface area (Å²) >= 11 is 0. The molecule has 0 aliphatic carbocycles. The van der Waals surface area contributed by atoms with Gasteiger partial charge >= 0.3 is 0 Å². The molecule has 106 valence electrons. The second-order valence-electron chi connectivity index (χ2n) is 4.54. The van der Waals surface area contributed by atoms with Crippen molar-refractivity contribution in [1.29, 1.82) is 0 Å². The maximum absolute atomic E-state index is 11.1. The molecule has 2 N–H and O–H groups in total. The first-order valence-corrected chi connectivity index (χ1v) is 6.25. The van der Waals surface area contributed by atoms with Gasteiger partial charge in [0.1, 0.15) is 5.75 Å². The minimum absolute atomic E-state index is 0.0936. The van der Waals surface area contributed by atoms with Gasteiger partial charge in [-0.2, -0.15) is 0 Å². The highest BCUT2D eigenvalue weighted by atomic mass is 16.5. The first kappa shape index (κ1) is 15.3. The zero-order valence-corrected chi connectivity index (χ0v) is 11.9. The van der Waals surface area contributed by atoms with Crippen LogP contribution in [0.1, 0.15) is 13.8 Å². The lowest BCUT2D eigenvalue weighted by molar-refractivity contribution is -0.114. The normalized spacial score (nSPS) is 11.8. The van der Waals surface area contributed by atoms with Crippen molar-refractivity contribution in [1.82, 2.24) is 0 Å². The molecule has 1 amide bonds. The summed E-state index contributed by atoms with van der Waals surface area (Å²) in [5, 5.41) is 6.06. The van der Waals surface area contributed by atoms with Crippen LogP contribution in [-0.4, -0.2) is 33.3 Å². The Morgan fingerprint density at radius 3 is 2.68 bits per heavy atom. The molecular weight excluding hydrogens is 244 g/mol. The molecular formula is C14H22N2O3. The molecule has 0 saturated carbocycles. The average molecular weight is 266 g/mol. The summed E-state index contributed by atoms with van der Waals surface area (Å²) in [5.74, 6) is 1.04. The van der Waals surface area contributed by atoms with E-state index in [0.29, 0.717) is 12.5 Å². The number of hydrogen-bond donors (Lipinski definition) is 2. The molecule has 0 aliphatic rings. The Hall–Kier alpha value is -1.75. The first-order valence-electron chi connectivity index (χ1n) is 6.25. The fourth-order valence-corrected chi connectivity index (χ4v) is 1.75. The van der Waals surface area contributed by atoms with Crippen LogP contribution in [0.15, 0.2) is 18.2 Å². The largest absolute Gasteiger partial charge is 0.495 e. The van der Waals surface area contributed by atoms with E-state index in [4.69, 9.17) is 9.47 Å². The number of ether oxygens (including phenoxy) is 2. The minimum Gasteiger partial charge on any atom is -0.495 e. The lowest BCUT2D eigenvalue weighted by atomic mass is 10.2. The zero-order chi connectivity index (χ0) is 14.3. The van der Waals surface area contributed by atoms with Gasteiger partial charge in [-0.05, 0) is 24.1 Å². The van der Waals surface area contributed by atoms with Crippen molar-refractivity contribution in [3.63, 3.8) is 0 Å². The van der Waals surface area contributed by atoms with Crippen LogP contribution in [0.25, 0.3) is 0 Å². The highest BCUT2D eigenvalue weighted by Gasteiger charge is 2.07. The smallest absolute Gasteiger partial charge is 0.221 e. The predicted molar refractivity (Wildman–Crippen MR) is 76.8 cm³/mol. The van der Waals surface area contributed by atoms with Gasteiger partial charge in [-0.3, -0.25) is 4.79 Å². The second kappa shape index (κ2) is 7.63. The average Bonchev–Trinajstić information content (AvgIpc) is 2.36. The van der Waals surface area contributed by atoms with Gasteiger partial charge in [-0.1, -0.05) is 6.92 Å². The molecule has 0 fully saturated rings. The summed E-state index contributed by atoms with van der Waals surface area (Å²) in [6.07, 6.45) is 0. The van der Waals surface area contributed by atoms with Gasteiger partial charge in [0, 0.05) is 26.3 Å². The van der Waals surface area contributed by atoms with E-state index < -0.39 is 0 Å². The highest BCUT2D eigenvalue weighted by molar-refractivity contribution is 5.89. The van der Waals surface area contributed by atoms with Crippen LogP contribution in [0.2, 0.25) is 0 Å². The Morgan fingerprint density at radius 2 is 2.11 bits per heavy atom. The molecule has 0 aliphatic heterocycles. The van der Waals surface area contributed by atoms with Gasteiger partial charge in [0.25, 0.3) is 0 Å². The van der Waals surface area contributed by atoms with Crippen LogP contribution in [0, 0.1) is 5.92 Å². The molecule has 1 atom stereocenters. The van der Waals surface area contributed by atoms with Crippen molar-refractivity contribution in [3.8, 4) is 5.75 Å². The number of methoxy groups -OCH3 is 2. The van der Waals surface area contributed by atoms with Crippen molar-refractivity contribution in [2.24, 2.45) is 5.92 Å². The second-order valence-corrected chi connectivity index (χ2v) is 4.54. The standard InChI is InChI=1S/C14H22N2O3/c1-10(9-18-3)8-15-13-7-12(16-11(2)17)5-6-14(13)19-4/h5-7,10,15H,8-9H2,1-4H3,(H,16,17). The monoisotopic (exact) mass is 266 g/mol. The third kappa shape index (κ3) is 5.18. The van der Waals surface area contributed by atoms with Crippen molar-refractivity contribution in [3.05, 3.63) is 18.2 Å². The molecule has 19 heavy (non-hydrogen) atoms. The fraction of sp³-hybridized carbons (Fsp3) is 0.500. The molecule has 1 unspecified atom stereocenters. The number of rotatable bonds is 7. The molecule has 0 bridgehead atoms. The molecule has 1 aromatic carbocycles. The first-order chi connectivity index (χ1) is 9.06. The maximum atomic E-state index is 11.1. The minimum atomic E-state index is -0.0936. The van der Waals surface area contributed by atoms with Crippen molar-refractivity contribution in [2.45, 2.75) is 13.8 Å². The topological polar surface area (TPSA) is 59.6 Å². The molecule has 5 heteroatoms. The van der Waals surface area contributed by atoms with E-state index in [1.807, 2.05) is 18.2 Å². The van der Waals surface area contributed by atoms with E-state index in [1.54, 1.807) is 14.2 Å². The maximum Gasteiger partial charge on any atom is 0.221 e. The molecule has 0 heterocycles. The number of amides is 1. The SMILES string of the molecule is COCC(C)CNc1cc(NC(C)=O)ccc1OC. The summed E-state index contributed by atoms with van der Waals surface area (Å²) in [6, 6.07) is 5.50. The van der Waals surface area contributed by atoms with E-state index >= 15 is 0 Å². The Balaban J connectivity index is 2.75. The van der Waals surface area contributed by atoms with E-state index in [-0.39, 0.29) is 5.91 Å². The van der Waals surface area contributed by atoms with Gasteiger partial charge in [0.2, 0.25) is 5.91 Å². The number of carbonyl (C=O) groups is 1. The number of carbonyl (C=O) groups excluding carboxylic acids is 1. The summed E-state index contributed by atoms with van der Waals surface area (Å²) in [7, 11) is 3.31. The van der Waals surface area contributed by atoms with Gasteiger partial charge in [0.15, 0.2) is 0 Å². The number of hydrogen-bond acceptors (Lipinski definition) is 4. The molecule has 0 aromatic heterocycles. The van der Waals surface area contributed by atoms with Gasteiger partial charge in [0.05, 0.1) is 19.4 Å². The summed E-state index contributed by atoms with van der Waals surface area (Å²) < 4.78 is 10.4. The quantitative estimate of drug-likeness (QED) is 0.795. The lowest BCUT2D eigenvalue weighted by Gasteiger charge is -2.16. The van der Waals surface area contributed by atoms with Crippen LogP contribution in [0.3, 0.4) is 0 Å². The molecule has 5 nitrogen and oxygen atoms in total. The number of nitrogens with one attached hydrogen (secondary N) is 2. The van der Waals surface area contributed by atoms with Crippen LogP contribution >= 0.6 is 0 Å². The van der Waals surface area contributed by atoms with E-state index in [2.05, 4.69) is 17.6 Å². The summed E-state index contributed by atoms with van der Waals surface area (Å²) in [5.41, 5.74) is 1.60. The summed E-state index contributed by atoms with van der Waals surface area (Å²) in [4.78, 5) is 11.1. The van der Waals surface area contributed by atoms with Crippen LogP contribution in [0.5, 0.6) is 5.75 Å².